The summed E-state index contributed by atoms with van der Waals surface area (Å²) < 4.78 is 0.793. The van der Waals surface area contributed by atoms with Gasteiger partial charge in [0.15, 0.2) is 11.9 Å². The smallest absolute Gasteiger partial charge is 0.207 e. The van der Waals surface area contributed by atoms with Gasteiger partial charge in [-0.3, -0.25) is 14.2 Å². The quantitative estimate of drug-likeness (QED) is 0.735. The number of carbonyl (C=O) groups is 1. The Morgan fingerprint density at radius 3 is 2.84 bits per heavy atom. The summed E-state index contributed by atoms with van der Waals surface area (Å²) in [5.41, 5.74) is 1.20. The van der Waals surface area contributed by atoms with Crippen LogP contribution in [0.5, 0.6) is 0 Å². The highest BCUT2D eigenvalue weighted by atomic mass is 32.1. The number of quaternary nitrogens is 1. The highest BCUT2D eigenvalue weighted by Crippen LogP contribution is 2.43. The molecule has 0 spiro atoms. The minimum atomic E-state index is 0.177. The Labute approximate surface area is 117 Å². The monoisotopic (exact) mass is 275 g/mol. The van der Waals surface area contributed by atoms with Gasteiger partial charge >= 0.3 is 0 Å². The fraction of sp³-hybridized carbons (Fsp3) is 0.533. The van der Waals surface area contributed by atoms with E-state index in [1.807, 2.05) is 0 Å². The molecular formula is C15H19N2OS+. The lowest BCUT2D eigenvalue weighted by molar-refractivity contribution is -0.0117. The summed E-state index contributed by atoms with van der Waals surface area (Å²) in [5.74, 6) is 1.06. The fourth-order valence-electron chi connectivity index (χ4n) is 4.00. The SMILES string of the molecule is C[N+]1(C2CC3CCN2CC3)C=CC(=O)c2sccc21. The highest BCUT2D eigenvalue weighted by molar-refractivity contribution is 7.12. The number of piperidine rings is 3. The van der Waals surface area contributed by atoms with Crippen molar-refractivity contribution < 1.29 is 4.79 Å². The van der Waals surface area contributed by atoms with Crippen LogP contribution in [0.25, 0.3) is 0 Å². The van der Waals surface area contributed by atoms with E-state index in [2.05, 4.69) is 29.6 Å². The lowest BCUT2D eigenvalue weighted by Crippen LogP contribution is -2.64. The van der Waals surface area contributed by atoms with E-state index in [0.717, 1.165) is 15.3 Å². The van der Waals surface area contributed by atoms with Crippen LogP contribution in [0, 0.1) is 5.92 Å². The lowest BCUT2D eigenvalue weighted by Gasteiger charge is -2.51. The number of thiophene rings is 1. The molecule has 2 atom stereocenters. The topological polar surface area (TPSA) is 20.3 Å². The first-order valence-corrected chi connectivity index (χ1v) is 7.98. The maximum atomic E-state index is 12.0. The predicted octanol–water partition coefficient (Wildman–Crippen LogP) is 2.84. The first-order valence-electron chi connectivity index (χ1n) is 7.10. The maximum Gasteiger partial charge on any atom is 0.207 e. The maximum absolute atomic E-state index is 12.0. The van der Waals surface area contributed by atoms with Crippen LogP contribution in [0.4, 0.5) is 5.69 Å². The number of carbonyl (C=O) groups excluding carboxylic acids is 1. The van der Waals surface area contributed by atoms with Crippen LogP contribution in [0.1, 0.15) is 28.9 Å². The number of nitrogens with zero attached hydrogens (tertiary/aromatic N) is 2. The van der Waals surface area contributed by atoms with E-state index >= 15 is 0 Å². The largest absolute Gasteiger partial charge is 0.288 e. The second-order valence-electron chi connectivity index (χ2n) is 6.16. The number of allylic oxidation sites excluding steroid dienone is 1. The molecular weight excluding hydrogens is 256 g/mol. The van der Waals surface area contributed by atoms with E-state index in [-0.39, 0.29) is 5.78 Å². The Bertz CT molecular complexity index is 556. The zero-order valence-corrected chi connectivity index (χ0v) is 12.0. The van der Waals surface area contributed by atoms with E-state index in [4.69, 9.17) is 0 Å². The second-order valence-corrected chi connectivity index (χ2v) is 7.07. The summed E-state index contributed by atoms with van der Waals surface area (Å²) in [4.78, 5) is 15.5. The molecule has 100 valence electrons. The minimum absolute atomic E-state index is 0.177. The molecule has 0 aromatic carbocycles. The van der Waals surface area contributed by atoms with Crippen molar-refractivity contribution in [3.8, 4) is 0 Å². The van der Waals surface area contributed by atoms with E-state index in [9.17, 15) is 4.79 Å². The second kappa shape index (κ2) is 4.01. The van der Waals surface area contributed by atoms with Gasteiger partial charge in [0.05, 0.1) is 7.05 Å². The molecule has 4 aliphatic heterocycles. The average molecular weight is 275 g/mol. The molecule has 2 unspecified atom stereocenters. The molecule has 0 radical (unpaired) electrons. The third-order valence-corrected chi connectivity index (χ3v) is 6.07. The summed E-state index contributed by atoms with van der Waals surface area (Å²) in [6.45, 7) is 2.45. The van der Waals surface area contributed by atoms with Crippen molar-refractivity contribution in [2.75, 3.05) is 20.1 Å². The highest BCUT2D eigenvalue weighted by Gasteiger charge is 2.47. The van der Waals surface area contributed by atoms with Crippen molar-refractivity contribution in [2.45, 2.75) is 25.4 Å². The summed E-state index contributed by atoms with van der Waals surface area (Å²) in [6.07, 6.45) is 8.39. The van der Waals surface area contributed by atoms with Crippen molar-refractivity contribution in [1.29, 1.82) is 0 Å². The van der Waals surface area contributed by atoms with Gasteiger partial charge in [0.25, 0.3) is 0 Å². The number of rotatable bonds is 1. The van der Waals surface area contributed by atoms with E-state index in [1.54, 1.807) is 17.4 Å². The molecule has 1 aromatic rings. The van der Waals surface area contributed by atoms with Crippen molar-refractivity contribution >= 4 is 22.8 Å². The molecule has 4 heteroatoms. The lowest BCUT2D eigenvalue weighted by atomic mass is 9.84. The molecule has 3 nitrogen and oxygen atoms in total. The molecule has 1 aromatic heterocycles. The van der Waals surface area contributed by atoms with Gasteiger partial charge in [-0.1, -0.05) is 0 Å². The summed E-state index contributed by atoms with van der Waals surface area (Å²) in [6, 6.07) is 2.14. The fourth-order valence-corrected chi connectivity index (χ4v) is 4.90. The molecule has 5 heterocycles. The van der Waals surface area contributed by atoms with Gasteiger partial charge in [0.1, 0.15) is 11.1 Å². The summed E-state index contributed by atoms with van der Waals surface area (Å²) in [7, 11) is 2.26. The van der Waals surface area contributed by atoms with Gasteiger partial charge in [-0.05, 0) is 24.1 Å². The van der Waals surface area contributed by atoms with E-state index in [1.165, 1.54) is 38.0 Å². The number of hydrogen-bond donors (Lipinski definition) is 0. The van der Waals surface area contributed by atoms with Crippen LogP contribution >= 0.6 is 11.3 Å². The van der Waals surface area contributed by atoms with Crippen molar-refractivity contribution in [1.82, 2.24) is 9.38 Å². The molecule has 0 N–H and O–H groups in total. The van der Waals surface area contributed by atoms with E-state index < -0.39 is 0 Å². The molecule has 0 aliphatic carbocycles. The minimum Gasteiger partial charge on any atom is -0.288 e. The molecule has 3 fully saturated rings. The zero-order chi connectivity index (χ0) is 13.0. The van der Waals surface area contributed by atoms with Crippen LogP contribution in [-0.2, 0) is 0 Å². The van der Waals surface area contributed by atoms with Gasteiger partial charge in [-0.2, -0.15) is 0 Å². The van der Waals surface area contributed by atoms with Crippen LogP contribution in [-0.4, -0.2) is 37.0 Å². The number of hydrogen-bond acceptors (Lipinski definition) is 3. The van der Waals surface area contributed by atoms with Crippen molar-refractivity contribution in [3.05, 3.63) is 28.6 Å². The standard InChI is InChI=1S/C15H19N2OS/c1-17(14-10-11-2-6-16(14)7-3-11)8-4-13(18)15-12(17)5-9-19-15/h4-5,8-9,11,14H,2-3,6-7,10H2,1H3/q+1. The Hall–Kier alpha value is -0.970. The van der Waals surface area contributed by atoms with E-state index in [0.29, 0.717) is 6.17 Å². The summed E-state index contributed by atoms with van der Waals surface area (Å²) in [5, 5.41) is 2.06. The molecule has 0 saturated carbocycles. The van der Waals surface area contributed by atoms with Crippen molar-refractivity contribution in [2.24, 2.45) is 5.92 Å². The van der Waals surface area contributed by atoms with Crippen LogP contribution in [0.2, 0.25) is 0 Å². The van der Waals surface area contributed by atoms with Gasteiger partial charge < -0.3 is 0 Å². The van der Waals surface area contributed by atoms with Gasteiger partial charge in [0.2, 0.25) is 5.78 Å². The molecule has 2 bridgehead atoms. The number of fused-ring (bicyclic) bond motifs is 4. The third-order valence-electron chi connectivity index (χ3n) is 5.16. The Morgan fingerprint density at radius 1 is 1.37 bits per heavy atom. The van der Waals surface area contributed by atoms with Gasteiger partial charge in [-0.15, -0.1) is 11.3 Å². The predicted molar refractivity (Wildman–Crippen MR) is 78.2 cm³/mol. The summed E-state index contributed by atoms with van der Waals surface area (Å²) >= 11 is 1.58. The average Bonchev–Trinajstić information content (AvgIpc) is 2.95. The Balaban J connectivity index is 1.78. The third kappa shape index (κ3) is 1.60. The van der Waals surface area contributed by atoms with Crippen LogP contribution < -0.4 is 4.48 Å². The molecule has 19 heavy (non-hydrogen) atoms. The molecule has 5 rings (SSSR count). The first kappa shape index (κ1) is 11.8. The molecule has 0 amide bonds. The molecule has 3 saturated heterocycles. The zero-order valence-electron chi connectivity index (χ0n) is 11.2. The first-order chi connectivity index (χ1) is 9.18. The Morgan fingerprint density at radius 2 is 2.16 bits per heavy atom. The Kier molecular flexibility index (Phi) is 2.50. The van der Waals surface area contributed by atoms with Gasteiger partial charge in [-0.25, -0.2) is 0 Å². The van der Waals surface area contributed by atoms with Crippen molar-refractivity contribution in [3.63, 3.8) is 0 Å². The van der Waals surface area contributed by atoms with Crippen LogP contribution in [0.3, 0.4) is 0 Å². The normalized spacial score (nSPS) is 40.5. The molecule has 4 aliphatic rings. The van der Waals surface area contributed by atoms with Crippen LogP contribution in [0.15, 0.2) is 23.7 Å². The number of ketones is 1. The van der Waals surface area contributed by atoms with Gasteiger partial charge in [0, 0.05) is 31.7 Å².